The van der Waals surface area contributed by atoms with Crippen LogP contribution < -0.4 is 0 Å². The Balaban J connectivity index is 1.93. The fraction of sp³-hybridized carbons (Fsp3) is 0.231. The molecule has 0 aliphatic rings. The van der Waals surface area contributed by atoms with Gasteiger partial charge in [0.05, 0.1) is 12.4 Å². The molecule has 100 valence electrons. The smallest absolute Gasteiger partial charge is 0.357 e. The molecule has 0 N–H and O–H groups in total. The van der Waals surface area contributed by atoms with E-state index in [-0.39, 0.29) is 5.97 Å². The molecule has 1 heterocycles. The normalized spacial score (nSPS) is 10.4. The van der Waals surface area contributed by atoms with Crippen molar-refractivity contribution in [2.75, 3.05) is 6.61 Å². The molecule has 0 fully saturated rings. The number of benzene rings is 1. The highest BCUT2D eigenvalue weighted by atomic mass is 127. The lowest BCUT2D eigenvalue weighted by atomic mass is 10.4. The molecule has 0 spiro atoms. The first-order chi connectivity index (χ1) is 9.19. The quantitative estimate of drug-likeness (QED) is 0.424. The lowest BCUT2D eigenvalue weighted by Gasteiger charge is -1.99. The van der Waals surface area contributed by atoms with E-state index in [4.69, 9.17) is 4.74 Å². The summed E-state index contributed by atoms with van der Waals surface area (Å²) >= 11 is 5.49. The molecule has 0 amide bonds. The Morgan fingerprint density at radius 3 is 2.84 bits per heavy atom. The van der Waals surface area contributed by atoms with E-state index in [1.165, 1.54) is 19.8 Å². The number of hydrogen-bond acceptors (Lipinski definition) is 5. The molecule has 0 unspecified atom stereocenters. The Morgan fingerprint density at radius 1 is 1.42 bits per heavy atom. The van der Waals surface area contributed by atoms with Crippen LogP contribution in [0.2, 0.25) is 0 Å². The number of rotatable bonds is 5. The first-order valence-electron chi connectivity index (χ1n) is 5.69. The molecule has 2 rings (SSSR count). The number of carbonyl (C=O) groups is 1. The van der Waals surface area contributed by atoms with Crippen LogP contribution in [0.15, 0.2) is 34.5 Å². The van der Waals surface area contributed by atoms with Crippen molar-refractivity contribution >= 4 is 51.7 Å². The first kappa shape index (κ1) is 14.8. The van der Waals surface area contributed by atoms with Gasteiger partial charge in [-0.1, -0.05) is 0 Å². The Hall–Kier alpha value is -0.600. The van der Waals surface area contributed by atoms with E-state index in [1.54, 1.807) is 24.1 Å². The number of thioether (sulfide) groups is 1. The molecular weight excluding hydrogens is 393 g/mol. The van der Waals surface area contributed by atoms with Gasteiger partial charge in [0.25, 0.3) is 0 Å². The number of carbonyl (C=O) groups excluding carboxylic acids is 1. The maximum atomic E-state index is 11.5. The second-order valence-corrected chi connectivity index (χ2v) is 6.83. The Labute approximate surface area is 133 Å². The van der Waals surface area contributed by atoms with Gasteiger partial charge >= 0.3 is 5.97 Å². The van der Waals surface area contributed by atoms with Gasteiger partial charge < -0.3 is 4.74 Å². The van der Waals surface area contributed by atoms with Crippen molar-refractivity contribution in [2.24, 2.45) is 0 Å². The Morgan fingerprint density at radius 2 is 2.16 bits per heavy atom. The minimum atomic E-state index is -0.343. The van der Waals surface area contributed by atoms with Crippen molar-refractivity contribution in [3.8, 4) is 0 Å². The zero-order chi connectivity index (χ0) is 13.7. The van der Waals surface area contributed by atoms with Crippen LogP contribution >= 0.6 is 45.7 Å². The summed E-state index contributed by atoms with van der Waals surface area (Å²) in [4.78, 5) is 17.0. The molecule has 0 aliphatic heterocycles. The third-order valence-electron chi connectivity index (χ3n) is 2.21. The van der Waals surface area contributed by atoms with E-state index in [0.717, 1.165) is 10.8 Å². The highest BCUT2D eigenvalue weighted by Crippen LogP contribution is 2.25. The van der Waals surface area contributed by atoms with Gasteiger partial charge in [-0.3, -0.25) is 0 Å². The summed E-state index contributed by atoms with van der Waals surface area (Å²) in [5.74, 6) is 0.425. The number of hydrogen-bond donors (Lipinski definition) is 0. The predicted molar refractivity (Wildman–Crippen MR) is 86.8 cm³/mol. The molecule has 0 bridgehead atoms. The number of aromatic nitrogens is 1. The molecule has 0 saturated heterocycles. The molecule has 1 aromatic heterocycles. The fourth-order valence-corrected chi connectivity index (χ4v) is 3.39. The van der Waals surface area contributed by atoms with Crippen molar-refractivity contribution in [3.63, 3.8) is 0 Å². The summed E-state index contributed by atoms with van der Waals surface area (Å²) in [5, 5.41) is 2.69. The minimum Gasteiger partial charge on any atom is -0.461 e. The second kappa shape index (κ2) is 7.25. The van der Waals surface area contributed by atoms with Gasteiger partial charge in [-0.15, -0.1) is 23.1 Å². The maximum Gasteiger partial charge on any atom is 0.357 e. The van der Waals surface area contributed by atoms with E-state index < -0.39 is 0 Å². The zero-order valence-corrected chi connectivity index (χ0v) is 14.0. The van der Waals surface area contributed by atoms with Gasteiger partial charge in [-0.2, -0.15) is 0 Å². The van der Waals surface area contributed by atoms with E-state index in [2.05, 4.69) is 51.8 Å². The third-order valence-corrected chi connectivity index (χ3v) is 4.99. The zero-order valence-electron chi connectivity index (χ0n) is 10.3. The lowest BCUT2D eigenvalue weighted by molar-refractivity contribution is 0.0520. The van der Waals surface area contributed by atoms with Crippen LogP contribution in [0.1, 0.15) is 22.4 Å². The average Bonchev–Trinajstić information content (AvgIpc) is 2.87. The van der Waals surface area contributed by atoms with Crippen LogP contribution in [0.5, 0.6) is 0 Å². The van der Waals surface area contributed by atoms with Gasteiger partial charge in [-0.25, -0.2) is 9.78 Å². The number of thiazole rings is 1. The summed E-state index contributed by atoms with van der Waals surface area (Å²) < 4.78 is 6.14. The van der Waals surface area contributed by atoms with E-state index in [1.807, 2.05) is 0 Å². The molecule has 19 heavy (non-hydrogen) atoms. The Kier molecular flexibility index (Phi) is 5.65. The molecule has 0 radical (unpaired) electrons. The first-order valence-corrected chi connectivity index (χ1v) is 8.63. The van der Waals surface area contributed by atoms with Crippen LogP contribution in [0.25, 0.3) is 0 Å². The van der Waals surface area contributed by atoms with Gasteiger partial charge in [0, 0.05) is 13.8 Å². The van der Waals surface area contributed by atoms with Crippen molar-refractivity contribution in [1.82, 2.24) is 4.98 Å². The van der Waals surface area contributed by atoms with Crippen LogP contribution in [-0.2, 0) is 10.5 Å². The summed E-state index contributed by atoms with van der Waals surface area (Å²) in [6.45, 7) is 2.17. The molecule has 0 aliphatic carbocycles. The van der Waals surface area contributed by atoms with Crippen molar-refractivity contribution in [3.05, 3.63) is 43.9 Å². The average molecular weight is 405 g/mol. The highest BCUT2D eigenvalue weighted by molar-refractivity contribution is 14.1. The highest BCUT2D eigenvalue weighted by Gasteiger charge is 2.11. The number of ether oxygens (including phenoxy) is 1. The van der Waals surface area contributed by atoms with Crippen LogP contribution in [0, 0.1) is 3.57 Å². The summed E-state index contributed by atoms with van der Waals surface area (Å²) in [7, 11) is 0. The van der Waals surface area contributed by atoms with Gasteiger partial charge in [0.1, 0.15) is 5.01 Å². The summed E-state index contributed by atoms with van der Waals surface area (Å²) in [5.41, 5.74) is 0.407. The van der Waals surface area contributed by atoms with Crippen molar-refractivity contribution in [1.29, 1.82) is 0 Å². The molecule has 6 heteroatoms. The SMILES string of the molecule is CCOC(=O)c1csc(CSc2ccc(I)cc2)n1. The van der Waals surface area contributed by atoms with Crippen LogP contribution in [0.3, 0.4) is 0 Å². The van der Waals surface area contributed by atoms with E-state index in [9.17, 15) is 4.79 Å². The summed E-state index contributed by atoms with van der Waals surface area (Å²) in [6, 6.07) is 8.34. The maximum absolute atomic E-state index is 11.5. The predicted octanol–water partition coefficient (Wildman–Crippen LogP) is 4.22. The number of nitrogens with zero attached hydrogens (tertiary/aromatic N) is 1. The monoisotopic (exact) mass is 405 g/mol. The minimum absolute atomic E-state index is 0.343. The van der Waals surface area contributed by atoms with E-state index in [0.29, 0.717) is 12.3 Å². The van der Waals surface area contributed by atoms with Gasteiger partial charge in [0.15, 0.2) is 5.69 Å². The van der Waals surface area contributed by atoms with E-state index >= 15 is 0 Å². The largest absolute Gasteiger partial charge is 0.461 e. The molecule has 2 aromatic rings. The second-order valence-electron chi connectivity index (χ2n) is 3.59. The summed E-state index contributed by atoms with van der Waals surface area (Å²) in [6.07, 6.45) is 0. The standard InChI is InChI=1S/C13H12INO2S2/c1-2-17-13(16)11-7-19-12(15-11)8-18-10-5-3-9(14)4-6-10/h3-7H,2,8H2,1H3. The molecular formula is C13H12INO2S2. The Bertz CT molecular complexity index is 554. The number of esters is 1. The fourth-order valence-electron chi connectivity index (χ4n) is 1.35. The van der Waals surface area contributed by atoms with Crippen LogP contribution in [0.4, 0.5) is 0 Å². The van der Waals surface area contributed by atoms with Gasteiger partial charge in [-0.05, 0) is 53.8 Å². The van der Waals surface area contributed by atoms with Gasteiger partial charge in [0.2, 0.25) is 0 Å². The van der Waals surface area contributed by atoms with Crippen molar-refractivity contribution < 1.29 is 9.53 Å². The molecule has 3 nitrogen and oxygen atoms in total. The van der Waals surface area contributed by atoms with Crippen molar-refractivity contribution in [2.45, 2.75) is 17.6 Å². The molecule has 1 aromatic carbocycles. The third kappa shape index (κ3) is 4.47. The molecule has 0 saturated carbocycles. The topological polar surface area (TPSA) is 39.2 Å². The number of halogens is 1. The lowest BCUT2D eigenvalue weighted by Crippen LogP contribution is -2.04. The van der Waals surface area contributed by atoms with Crippen LogP contribution in [-0.4, -0.2) is 17.6 Å². The molecule has 0 atom stereocenters.